The normalized spacial score (nSPS) is 13.7. The monoisotopic (exact) mass is 328 g/mol. The van der Waals surface area contributed by atoms with E-state index in [4.69, 9.17) is 4.98 Å². The summed E-state index contributed by atoms with van der Waals surface area (Å²) in [5.41, 5.74) is 4.53. The van der Waals surface area contributed by atoms with Gasteiger partial charge in [0.15, 0.2) is 0 Å². The average molecular weight is 329 g/mol. The molecule has 2 aromatic rings. The summed E-state index contributed by atoms with van der Waals surface area (Å²) in [5.74, 6) is 2.23. The summed E-state index contributed by atoms with van der Waals surface area (Å²) in [4.78, 5) is 8.17. The third kappa shape index (κ3) is 4.27. The number of aromatic nitrogens is 2. The lowest BCUT2D eigenvalue weighted by molar-refractivity contribution is 0.0787. The van der Waals surface area contributed by atoms with E-state index in [9.17, 15) is 5.11 Å². The number of aliphatic hydroxyl groups is 1. The lowest BCUT2D eigenvalue weighted by atomic mass is 9.88. The third-order valence-electron chi connectivity index (χ3n) is 5.09. The summed E-state index contributed by atoms with van der Waals surface area (Å²) in [6.07, 6.45) is 3.03. The summed E-state index contributed by atoms with van der Waals surface area (Å²) < 4.78 is 0. The molecule has 0 spiro atoms. The van der Waals surface area contributed by atoms with Crippen molar-refractivity contribution in [2.45, 2.75) is 66.4 Å². The highest BCUT2D eigenvalue weighted by atomic mass is 16.3. The zero-order valence-corrected chi connectivity index (χ0v) is 16.0. The predicted molar refractivity (Wildman–Crippen MR) is 102 cm³/mol. The molecule has 0 bridgehead atoms. The van der Waals surface area contributed by atoms with Gasteiger partial charge >= 0.3 is 0 Å². The number of rotatable bonds is 7. The second kappa shape index (κ2) is 7.10. The molecule has 0 aliphatic rings. The fourth-order valence-corrected chi connectivity index (χ4v) is 3.00. The molecule has 2 N–H and O–H groups in total. The van der Waals surface area contributed by atoms with Crippen LogP contribution in [-0.4, -0.2) is 15.1 Å². The fraction of sp³-hybridized carbons (Fsp3) is 0.571. The Balaban J connectivity index is 2.09. The van der Waals surface area contributed by atoms with Crippen LogP contribution in [0.4, 0.5) is 0 Å². The van der Waals surface area contributed by atoms with Crippen LogP contribution in [0.15, 0.2) is 24.3 Å². The van der Waals surface area contributed by atoms with Crippen molar-refractivity contribution in [3.8, 4) is 0 Å². The SMILES string of the molecule is C=C(CCCc1nc2c(C)cc(C(C)(C)O)cc2[nH]1)[C@@H](C)C(C)C. The van der Waals surface area contributed by atoms with E-state index in [1.165, 1.54) is 5.57 Å². The van der Waals surface area contributed by atoms with E-state index in [-0.39, 0.29) is 0 Å². The number of hydrogen-bond acceptors (Lipinski definition) is 2. The number of aryl methyl sites for hydroxylation is 2. The van der Waals surface area contributed by atoms with Gasteiger partial charge in [-0.15, -0.1) is 0 Å². The molecule has 2 rings (SSSR count). The van der Waals surface area contributed by atoms with Crippen LogP contribution in [0.3, 0.4) is 0 Å². The lowest BCUT2D eigenvalue weighted by Crippen LogP contribution is -2.15. The van der Waals surface area contributed by atoms with Crippen LogP contribution in [0, 0.1) is 18.8 Å². The first-order chi connectivity index (χ1) is 11.1. The molecule has 0 radical (unpaired) electrons. The van der Waals surface area contributed by atoms with Gasteiger partial charge in [0, 0.05) is 6.42 Å². The van der Waals surface area contributed by atoms with Crippen molar-refractivity contribution >= 4 is 11.0 Å². The van der Waals surface area contributed by atoms with Crippen molar-refractivity contribution in [1.29, 1.82) is 0 Å². The van der Waals surface area contributed by atoms with Crippen LogP contribution in [0.2, 0.25) is 0 Å². The molecule has 1 atom stereocenters. The molecule has 0 amide bonds. The van der Waals surface area contributed by atoms with Crippen LogP contribution in [-0.2, 0) is 12.0 Å². The Morgan fingerprint density at radius 2 is 1.96 bits per heavy atom. The van der Waals surface area contributed by atoms with Crippen LogP contribution >= 0.6 is 0 Å². The molecule has 1 aromatic carbocycles. The van der Waals surface area contributed by atoms with E-state index in [1.54, 1.807) is 0 Å². The topological polar surface area (TPSA) is 48.9 Å². The Morgan fingerprint density at radius 1 is 1.29 bits per heavy atom. The molecule has 0 aliphatic heterocycles. The first-order valence-electron chi connectivity index (χ1n) is 8.99. The van der Waals surface area contributed by atoms with E-state index in [0.29, 0.717) is 11.8 Å². The van der Waals surface area contributed by atoms with E-state index < -0.39 is 5.60 Å². The van der Waals surface area contributed by atoms with Gasteiger partial charge < -0.3 is 10.1 Å². The minimum atomic E-state index is -0.838. The number of aromatic amines is 1. The largest absolute Gasteiger partial charge is 0.386 e. The summed E-state index contributed by atoms with van der Waals surface area (Å²) in [6.45, 7) is 16.7. The zero-order valence-electron chi connectivity index (χ0n) is 16.0. The highest BCUT2D eigenvalue weighted by molar-refractivity contribution is 5.79. The number of hydrogen-bond donors (Lipinski definition) is 2. The molecular formula is C21H32N2O. The summed E-state index contributed by atoms with van der Waals surface area (Å²) in [6, 6.07) is 4.04. The molecule has 0 aliphatic carbocycles. The summed E-state index contributed by atoms with van der Waals surface area (Å²) >= 11 is 0. The average Bonchev–Trinajstić information content (AvgIpc) is 2.88. The van der Waals surface area contributed by atoms with Crippen molar-refractivity contribution in [2.75, 3.05) is 0 Å². The van der Waals surface area contributed by atoms with Crippen molar-refractivity contribution in [1.82, 2.24) is 9.97 Å². The van der Waals surface area contributed by atoms with E-state index in [2.05, 4.69) is 32.3 Å². The predicted octanol–water partition coefficient (Wildman–Crippen LogP) is 5.27. The Kier molecular flexibility index (Phi) is 5.54. The fourth-order valence-electron chi connectivity index (χ4n) is 3.00. The van der Waals surface area contributed by atoms with Gasteiger partial charge in [-0.3, -0.25) is 0 Å². The highest BCUT2D eigenvalue weighted by Gasteiger charge is 2.18. The molecule has 3 heteroatoms. The molecular weight excluding hydrogens is 296 g/mol. The first-order valence-corrected chi connectivity index (χ1v) is 8.99. The smallest absolute Gasteiger partial charge is 0.107 e. The second-order valence-electron chi connectivity index (χ2n) is 7.98. The maximum Gasteiger partial charge on any atom is 0.107 e. The molecule has 132 valence electrons. The molecule has 0 unspecified atom stereocenters. The summed E-state index contributed by atoms with van der Waals surface area (Å²) in [5, 5.41) is 10.2. The Bertz CT molecular complexity index is 719. The third-order valence-corrected chi connectivity index (χ3v) is 5.09. The van der Waals surface area contributed by atoms with E-state index >= 15 is 0 Å². The number of benzene rings is 1. The van der Waals surface area contributed by atoms with E-state index in [0.717, 1.165) is 47.2 Å². The molecule has 3 nitrogen and oxygen atoms in total. The first kappa shape index (κ1) is 18.7. The molecule has 1 aromatic heterocycles. The van der Waals surface area contributed by atoms with Crippen LogP contribution in [0.25, 0.3) is 11.0 Å². The van der Waals surface area contributed by atoms with Gasteiger partial charge in [-0.25, -0.2) is 4.98 Å². The van der Waals surface area contributed by atoms with Gasteiger partial charge in [0.2, 0.25) is 0 Å². The quantitative estimate of drug-likeness (QED) is 0.680. The van der Waals surface area contributed by atoms with Crippen molar-refractivity contribution in [3.63, 3.8) is 0 Å². The molecule has 0 fully saturated rings. The van der Waals surface area contributed by atoms with Crippen molar-refractivity contribution in [3.05, 3.63) is 41.2 Å². The van der Waals surface area contributed by atoms with Gasteiger partial charge in [0.05, 0.1) is 16.6 Å². The van der Waals surface area contributed by atoms with E-state index in [1.807, 2.05) is 32.9 Å². The highest BCUT2D eigenvalue weighted by Crippen LogP contribution is 2.27. The van der Waals surface area contributed by atoms with Crippen LogP contribution < -0.4 is 0 Å². The maximum atomic E-state index is 10.2. The number of H-pyrrole nitrogens is 1. The second-order valence-corrected chi connectivity index (χ2v) is 7.98. The van der Waals surface area contributed by atoms with Crippen LogP contribution in [0.1, 0.15) is 64.4 Å². The number of fused-ring (bicyclic) bond motifs is 1. The molecule has 0 saturated heterocycles. The number of nitrogens with zero attached hydrogens (tertiary/aromatic N) is 1. The van der Waals surface area contributed by atoms with Gasteiger partial charge in [-0.2, -0.15) is 0 Å². The minimum Gasteiger partial charge on any atom is -0.386 e. The lowest BCUT2D eigenvalue weighted by Gasteiger charge is -2.18. The Hall–Kier alpha value is -1.61. The standard InChI is InChI=1S/C21H32N2O/c1-13(2)16(5)14(3)9-8-10-19-22-18-12-17(21(6,7)24)11-15(4)20(18)23-19/h11-13,16,24H,3,8-10H2,1-2,4-7H3,(H,22,23)/t16-/m0/s1. The number of allylic oxidation sites excluding steroid dienone is 1. The van der Waals surface area contributed by atoms with Gasteiger partial charge in [-0.05, 0) is 62.6 Å². The summed E-state index contributed by atoms with van der Waals surface area (Å²) in [7, 11) is 0. The van der Waals surface area contributed by atoms with Crippen molar-refractivity contribution in [2.24, 2.45) is 11.8 Å². The number of nitrogens with one attached hydrogen (secondary N) is 1. The van der Waals surface area contributed by atoms with Gasteiger partial charge in [0.1, 0.15) is 5.82 Å². The Morgan fingerprint density at radius 3 is 2.54 bits per heavy atom. The molecule has 24 heavy (non-hydrogen) atoms. The van der Waals surface area contributed by atoms with Gasteiger partial charge in [0.25, 0.3) is 0 Å². The zero-order chi connectivity index (χ0) is 18.1. The number of imidazole rings is 1. The van der Waals surface area contributed by atoms with Crippen LogP contribution in [0.5, 0.6) is 0 Å². The van der Waals surface area contributed by atoms with Crippen molar-refractivity contribution < 1.29 is 5.11 Å². The Labute approximate surface area is 146 Å². The minimum absolute atomic E-state index is 0.567. The molecule has 0 saturated carbocycles. The maximum absolute atomic E-state index is 10.2. The molecule has 1 heterocycles. The van der Waals surface area contributed by atoms with Gasteiger partial charge in [-0.1, -0.05) is 39.0 Å².